The van der Waals surface area contributed by atoms with Gasteiger partial charge in [0.25, 0.3) is 5.91 Å². The van der Waals surface area contributed by atoms with Gasteiger partial charge in [0.2, 0.25) is 0 Å². The van der Waals surface area contributed by atoms with Gasteiger partial charge in [-0.05, 0) is 30.5 Å². The van der Waals surface area contributed by atoms with Crippen LogP contribution in [0.3, 0.4) is 0 Å². The molecule has 0 saturated heterocycles. The van der Waals surface area contributed by atoms with E-state index in [1.807, 2.05) is 24.4 Å². The maximum absolute atomic E-state index is 12.1. The van der Waals surface area contributed by atoms with Crippen LogP contribution >= 0.6 is 11.3 Å². The first kappa shape index (κ1) is 14.3. The van der Waals surface area contributed by atoms with Crippen LogP contribution in [-0.4, -0.2) is 17.4 Å². The summed E-state index contributed by atoms with van der Waals surface area (Å²) in [4.78, 5) is 17.3. The number of nitrogens with one attached hydrogen (secondary N) is 1. The van der Waals surface area contributed by atoms with Crippen LogP contribution in [0.5, 0.6) is 0 Å². The highest BCUT2D eigenvalue weighted by atomic mass is 32.1. The lowest BCUT2D eigenvalue weighted by molar-refractivity contribution is 0.0935. The molecule has 4 nitrogen and oxygen atoms in total. The van der Waals surface area contributed by atoms with Gasteiger partial charge in [-0.15, -0.1) is 11.3 Å². The molecule has 0 radical (unpaired) electrons. The van der Waals surface area contributed by atoms with E-state index in [1.54, 1.807) is 29.7 Å². The zero-order valence-corrected chi connectivity index (χ0v) is 11.9. The van der Waals surface area contributed by atoms with Crippen molar-refractivity contribution in [1.82, 2.24) is 10.3 Å². The molecule has 0 fully saturated rings. The number of amides is 1. The van der Waals surface area contributed by atoms with Gasteiger partial charge in [-0.1, -0.05) is 17.9 Å². The Morgan fingerprint density at radius 1 is 1.50 bits per heavy atom. The van der Waals surface area contributed by atoms with Gasteiger partial charge >= 0.3 is 0 Å². The largest absolute Gasteiger partial charge is 0.343 e. The van der Waals surface area contributed by atoms with Crippen molar-refractivity contribution in [2.45, 2.75) is 13.0 Å². The molecule has 20 heavy (non-hydrogen) atoms. The predicted molar refractivity (Wildman–Crippen MR) is 80.4 cm³/mol. The molecule has 0 aromatic carbocycles. The summed E-state index contributed by atoms with van der Waals surface area (Å²) in [6, 6.07) is 7.36. The van der Waals surface area contributed by atoms with Crippen molar-refractivity contribution < 1.29 is 4.79 Å². The van der Waals surface area contributed by atoms with E-state index in [-0.39, 0.29) is 11.9 Å². The number of carbonyl (C=O) groups excluding carboxylic acids is 1. The maximum atomic E-state index is 12.1. The molecule has 0 bridgehead atoms. The molecule has 2 aromatic rings. The minimum absolute atomic E-state index is 0.0268. The molecule has 1 unspecified atom stereocenters. The molecule has 3 N–H and O–H groups in total. The number of thiophene rings is 1. The summed E-state index contributed by atoms with van der Waals surface area (Å²) in [7, 11) is 0. The van der Waals surface area contributed by atoms with Gasteiger partial charge in [-0.3, -0.25) is 4.79 Å². The van der Waals surface area contributed by atoms with Crippen molar-refractivity contribution in [3.63, 3.8) is 0 Å². The van der Waals surface area contributed by atoms with Gasteiger partial charge in [0.1, 0.15) is 5.69 Å². The fourth-order valence-corrected chi connectivity index (χ4v) is 2.37. The maximum Gasteiger partial charge on any atom is 0.270 e. The Labute approximate surface area is 122 Å². The molecular weight excluding hydrogens is 270 g/mol. The zero-order valence-electron chi connectivity index (χ0n) is 11.1. The lowest BCUT2D eigenvalue weighted by Crippen LogP contribution is -2.26. The van der Waals surface area contributed by atoms with E-state index >= 15 is 0 Å². The number of rotatable bonds is 3. The van der Waals surface area contributed by atoms with Gasteiger partial charge in [-0.2, -0.15) is 0 Å². The number of hydrogen-bond acceptors (Lipinski definition) is 4. The first-order chi connectivity index (χ1) is 9.70. The Morgan fingerprint density at radius 2 is 2.35 bits per heavy atom. The number of aromatic nitrogens is 1. The average Bonchev–Trinajstić information content (AvgIpc) is 3.00. The van der Waals surface area contributed by atoms with Crippen LogP contribution in [0.1, 0.15) is 33.9 Å². The van der Waals surface area contributed by atoms with Crippen molar-refractivity contribution in [1.29, 1.82) is 0 Å². The van der Waals surface area contributed by atoms with Crippen molar-refractivity contribution >= 4 is 17.2 Å². The summed E-state index contributed by atoms with van der Waals surface area (Å²) >= 11 is 1.61. The topological polar surface area (TPSA) is 68.0 Å². The third-order valence-electron chi connectivity index (χ3n) is 2.65. The van der Waals surface area contributed by atoms with E-state index in [1.165, 1.54) is 0 Å². The SMILES string of the molecule is CC(NC(=O)c1ccc(C#CCN)cn1)c1cccs1. The summed E-state index contributed by atoms with van der Waals surface area (Å²) in [5.41, 5.74) is 6.43. The first-order valence-corrected chi connectivity index (χ1v) is 7.08. The molecule has 1 amide bonds. The lowest BCUT2D eigenvalue weighted by atomic mass is 10.2. The lowest BCUT2D eigenvalue weighted by Gasteiger charge is -2.11. The highest BCUT2D eigenvalue weighted by Crippen LogP contribution is 2.18. The molecular formula is C15H15N3OS. The molecule has 0 saturated carbocycles. The fraction of sp³-hybridized carbons (Fsp3) is 0.200. The second kappa shape index (κ2) is 6.85. The Kier molecular flexibility index (Phi) is 4.88. The number of nitrogens with two attached hydrogens (primary N) is 1. The molecule has 2 rings (SSSR count). The van der Waals surface area contributed by atoms with E-state index in [2.05, 4.69) is 22.1 Å². The van der Waals surface area contributed by atoms with E-state index in [9.17, 15) is 4.79 Å². The van der Waals surface area contributed by atoms with Crippen LogP contribution in [0.15, 0.2) is 35.8 Å². The Bertz CT molecular complexity index is 623. The van der Waals surface area contributed by atoms with Crippen LogP contribution in [-0.2, 0) is 0 Å². The molecule has 0 aliphatic heterocycles. The van der Waals surface area contributed by atoms with E-state index < -0.39 is 0 Å². The predicted octanol–water partition coefficient (Wildman–Crippen LogP) is 1.94. The molecule has 2 heterocycles. The molecule has 1 atom stereocenters. The van der Waals surface area contributed by atoms with Crippen LogP contribution < -0.4 is 11.1 Å². The van der Waals surface area contributed by atoms with Gasteiger partial charge in [0.15, 0.2) is 0 Å². The summed E-state index contributed by atoms with van der Waals surface area (Å²) in [5.74, 6) is 5.42. The normalized spacial score (nSPS) is 11.3. The minimum atomic E-state index is -0.191. The monoisotopic (exact) mass is 285 g/mol. The second-order valence-corrected chi connectivity index (χ2v) is 5.13. The second-order valence-electron chi connectivity index (χ2n) is 4.15. The van der Waals surface area contributed by atoms with Crippen LogP contribution in [0.4, 0.5) is 0 Å². The molecule has 0 aliphatic rings. The quantitative estimate of drug-likeness (QED) is 0.847. The third kappa shape index (κ3) is 3.67. The van der Waals surface area contributed by atoms with E-state index in [4.69, 9.17) is 5.73 Å². The number of hydrogen-bond donors (Lipinski definition) is 2. The molecule has 0 aliphatic carbocycles. The first-order valence-electron chi connectivity index (χ1n) is 6.20. The van der Waals surface area contributed by atoms with Crippen molar-refractivity contribution in [3.8, 4) is 11.8 Å². The number of nitrogens with zero attached hydrogens (tertiary/aromatic N) is 1. The molecule has 5 heteroatoms. The Hall–Kier alpha value is -2.16. The Morgan fingerprint density at radius 3 is 2.95 bits per heavy atom. The third-order valence-corrected chi connectivity index (χ3v) is 3.70. The van der Waals surface area contributed by atoms with Crippen molar-refractivity contribution in [2.24, 2.45) is 5.73 Å². The standard InChI is InChI=1S/C15H15N3OS/c1-11(14-5-3-9-20-14)18-15(19)13-7-6-12(10-17-13)4-2-8-16/h3,5-7,9-11H,8,16H2,1H3,(H,18,19). The van der Waals surface area contributed by atoms with Gasteiger partial charge < -0.3 is 11.1 Å². The van der Waals surface area contributed by atoms with Gasteiger partial charge in [0.05, 0.1) is 12.6 Å². The van der Waals surface area contributed by atoms with E-state index in [0.717, 1.165) is 10.4 Å². The number of carbonyl (C=O) groups is 1. The smallest absolute Gasteiger partial charge is 0.270 e. The average molecular weight is 285 g/mol. The zero-order chi connectivity index (χ0) is 14.4. The summed E-state index contributed by atoms with van der Waals surface area (Å²) in [5, 5.41) is 4.90. The van der Waals surface area contributed by atoms with Gasteiger partial charge in [0, 0.05) is 16.6 Å². The Balaban J connectivity index is 2.02. The molecule has 0 spiro atoms. The molecule has 102 valence electrons. The van der Waals surface area contributed by atoms with Crippen LogP contribution in [0.2, 0.25) is 0 Å². The summed E-state index contributed by atoms with van der Waals surface area (Å²) < 4.78 is 0. The fourth-order valence-electron chi connectivity index (χ4n) is 1.63. The van der Waals surface area contributed by atoms with Gasteiger partial charge in [-0.25, -0.2) is 4.98 Å². The minimum Gasteiger partial charge on any atom is -0.343 e. The van der Waals surface area contributed by atoms with Crippen LogP contribution in [0.25, 0.3) is 0 Å². The number of pyridine rings is 1. The van der Waals surface area contributed by atoms with Crippen molar-refractivity contribution in [2.75, 3.05) is 6.54 Å². The molecule has 2 aromatic heterocycles. The summed E-state index contributed by atoms with van der Waals surface area (Å²) in [6.07, 6.45) is 1.58. The van der Waals surface area contributed by atoms with E-state index in [0.29, 0.717) is 12.2 Å². The highest BCUT2D eigenvalue weighted by molar-refractivity contribution is 7.10. The summed E-state index contributed by atoms with van der Waals surface area (Å²) in [6.45, 7) is 2.26. The van der Waals surface area contributed by atoms with Crippen LogP contribution in [0, 0.1) is 11.8 Å². The highest BCUT2D eigenvalue weighted by Gasteiger charge is 2.12. The van der Waals surface area contributed by atoms with Crippen molar-refractivity contribution in [3.05, 3.63) is 52.0 Å².